The number of carbonyl (C=O) groups is 2. The van der Waals surface area contributed by atoms with E-state index in [2.05, 4.69) is 10.4 Å². The number of nitrogens with zero attached hydrogens (tertiary/aromatic N) is 4. The average molecular weight is 409 g/mol. The van der Waals surface area contributed by atoms with Gasteiger partial charge in [0.05, 0.1) is 6.20 Å². The van der Waals surface area contributed by atoms with Crippen molar-refractivity contribution >= 4 is 33.6 Å². The van der Waals surface area contributed by atoms with Gasteiger partial charge in [-0.3, -0.25) is 14.4 Å². The maximum absolute atomic E-state index is 12.7. The van der Waals surface area contributed by atoms with Crippen molar-refractivity contribution in [2.75, 3.05) is 19.6 Å². The Hall–Kier alpha value is -3.16. The minimum Gasteiger partial charge on any atom is -0.356 e. The molecule has 2 aromatic heterocycles. The first-order valence-electron chi connectivity index (χ1n) is 10.5. The third-order valence-corrected chi connectivity index (χ3v) is 5.75. The van der Waals surface area contributed by atoms with E-state index in [1.54, 1.807) is 13.2 Å². The van der Waals surface area contributed by atoms with Crippen LogP contribution in [0.25, 0.3) is 21.8 Å². The van der Waals surface area contributed by atoms with Crippen molar-refractivity contribution in [3.05, 3.63) is 40.8 Å². The maximum Gasteiger partial charge on any atom is 0.291 e. The van der Waals surface area contributed by atoms with Gasteiger partial charge >= 0.3 is 0 Å². The molecule has 158 valence electrons. The van der Waals surface area contributed by atoms with Gasteiger partial charge in [0.15, 0.2) is 0 Å². The van der Waals surface area contributed by atoms with Gasteiger partial charge in [0.1, 0.15) is 5.52 Å². The third-order valence-electron chi connectivity index (χ3n) is 5.75. The first-order valence-corrected chi connectivity index (χ1v) is 10.5. The molecule has 0 spiro atoms. The number of rotatable bonds is 8. The molecule has 1 N–H and O–H groups in total. The smallest absolute Gasteiger partial charge is 0.291 e. The van der Waals surface area contributed by atoms with E-state index in [-0.39, 0.29) is 17.4 Å². The van der Waals surface area contributed by atoms with Gasteiger partial charge in [-0.2, -0.15) is 5.10 Å². The molecule has 0 atom stereocenters. The summed E-state index contributed by atoms with van der Waals surface area (Å²) in [6.07, 6.45) is 5.11. The Balaban J connectivity index is 1.35. The molecule has 1 aliphatic rings. The fraction of sp³-hybridized carbons (Fsp3) is 0.455. The molecule has 0 radical (unpaired) electrons. The molecule has 0 aliphatic carbocycles. The molecule has 0 saturated carbocycles. The van der Waals surface area contributed by atoms with Crippen LogP contribution in [-0.4, -0.2) is 50.7 Å². The van der Waals surface area contributed by atoms with Crippen molar-refractivity contribution in [3.8, 4) is 0 Å². The lowest BCUT2D eigenvalue weighted by Crippen LogP contribution is -2.30. The van der Waals surface area contributed by atoms with E-state index in [1.165, 1.54) is 4.68 Å². The maximum atomic E-state index is 12.7. The first-order chi connectivity index (χ1) is 14.6. The third kappa shape index (κ3) is 3.94. The van der Waals surface area contributed by atoms with Crippen molar-refractivity contribution in [3.63, 3.8) is 0 Å². The summed E-state index contributed by atoms with van der Waals surface area (Å²) < 4.78 is 3.34. The predicted molar refractivity (Wildman–Crippen MR) is 115 cm³/mol. The molecule has 1 aromatic carbocycles. The normalized spacial score (nSPS) is 14.2. The lowest BCUT2D eigenvalue weighted by Gasteiger charge is -2.15. The van der Waals surface area contributed by atoms with E-state index in [9.17, 15) is 14.4 Å². The highest BCUT2D eigenvalue weighted by Gasteiger charge is 2.19. The fourth-order valence-corrected chi connectivity index (χ4v) is 4.20. The van der Waals surface area contributed by atoms with Crippen LogP contribution in [0.1, 0.15) is 32.1 Å². The summed E-state index contributed by atoms with van der Waals surface area (Å²) in [5.41, 5.74) is 1.47. The van der Waals surface area contributed by atoms with Gasteiger partial charge in [-0.05, 0) is 25.3 Å². The second-order valence-electron chi connectivity index (χ2n) is 7.80. The Morgan fingerprint density at radius 3 is 2.77 bits per heavy atom. The molecule has 3 aromatic rings. The van der Waals surface area contributed by atoms with Gasteiger partial charge in [0.2, 0.25) is 11.8 Å². The topological polar surface area (TPSA) is 89.2 Å². The molecular weight excluding hydrogens is 382 g/mol. The predicted octanol–water partition coefficient (Wildman–Crippen LogP) is 1.80. The number of hydrogen-bond acceptors (Lipinski definition) is 4. The van der Waals surface area contributed by atoms with Crippen molar-refractivity contribution in [1.82, 2.24) is 24.6 Å². The minimum absolute atomic E-state index is 0.00177. The van der Waals surface area contributed by atoms with Gasteiger partial charge < -0.3 is 14.8 Å². The number of fused-ring (bicyclic) bond motifs is 3. The molecule has 3 heterocycles. The number of benzene rings is 1. The van der Waals surface area contributed by atoms with Crippen molar-refractivity contribution in [2.24, 2.45) is 7.05 Å². The number of amides is 2. The number of carbonyl (C=O) groups excluding carboxylic acids is 2. The molecule has 1 aliphatic heterocycles. The van der Waals surface area contributed by atoms with E-state index >= 15 is 0 Å². The fourth-order valence-electron chi connectivity index (χ4n) is 4.20. The van der Waals surface area contributed by atoms with Crippen molar-refractivity contribution in [2.45, 2.75) is 38.6 Å². The van der Waals surface area contributed by atoms with Crippen LogP contribution in [0.2, 0.25) is 0 Å². The monoisotopic (exact) mass is 409 g/mol. The van der Waals surface area contributed by atoms with Gasteiger partial charge in [0.25, 0.3) is 5.56 Å². The van der Waals surface area contributed by atoms with Crippen molar-refractivity contribution < 1.29 is 9.59 Å². The zero-order valence-electron chi connectivity index (χ0n) is 17.3. The van der Waals surface area contributed by atoms with Crippen LogP contribution in [0.3, 0.4) is 0 Å². The van der Waals surface area contributed by atoms with Crippen LogP contribution in [0, 0.1) is 0 Å². The molecular formula is C22H27N5O3. The van der Waals surface area contributed by atoms with E-state index in [1.807, 2.05) is 33.7 Å². The molecule has 1 fully saturated rings. The number of aryl methyl sites for hydroxylation is 2. The zero-order chi connectivity index (χ0) is 21.1. The molecule has 1 saturated heterocycles. The van der Waals surface area contributed by atoms with Gasteiger partial charge in [-0.25, -0.2) is 4.68 Å². The average Bonchev–Trinajstić information content (AvgIpc) is 3.30. The first kappa shape index (κ1) is 20.1. The second kappa shape index (κ2) is 8.69. The van der Waals surface area contributed by atoms with E-state index in [0.29, 0.717) is 44.4 Å². The quantitative estimate of drug-likeness (QED) is 0.575. The van der Waals surface area contributed by atoms with Gasteiger partial charge in [-0.15, -0.1) is 0 Å². The number of para-hydroxylation sites is 1. The van der Waals surface area contributed by atoms with Crippen molar-refractivity contribution in [1.29, 1.82) is 0 Å². The summed E-state index contributed by atoms with van der Waals surface area (Å²) in [7, 11) is 1.65. The summed E-state index contributed by atoms with van der Waals surface area (Å²) in [5.74, 6) is 0.215. The zero-order valence-corrected chi connectivity index (χ0v) is 17.3. The second-order valence-corrected chi connectivity index (χ2v) is 7.80. The molecule has 4 rings (SSSR count). The molecule has 8 nitrogen and oxygen atoms in total. The largest absolute Gasteiger partial charge is 0.356 e. The summed E-state index contributed by atoms with van der Waals surface area (Å²) in [4.78, 5) is 38.4. The van der Waals surface area contributed by atoms with Crippen LogP contribution in [0.5, 0.6) is 0 Å². The Labute approximate surface area is 174 Å². The van der Waals surface area contributed by atoms with Crippen LogP contribution >= 0.6 is 0 Å². The minimum atomic E-state index is -0.135. The van der Waals surface area contributed by atoms with Gasteiger partial charge in [0, 0.05) is 62.4 Å². The molecule has 8 heteroatoms. The van der Waals surface area contributed by atoms with Crippen LogP contribution in [0.4, 0.5) is 0 Å². The summed E-state index contributed by atoms with van der Waals surface area (Å²) in [6.45, 7) is 2.70. The Kier molecular flexibility index (Phi) is 5.83. The molecule has 0 unspecified atom stereocenters. The number of nitrogens with one attached hydrogen (secondary N) is 1. The number of aromatic nitrogens is 3. The highest BCUT2D eigenvalue weighted by molar-refractivity contribution is 6.07. The van der Waals surface area contributed by atoms with Gasteiger partial charge in [-0.1, -0.05) is 18.2 Å². The highest BCUT2D eigenvalue weighted by atomic mass is 16.2. The molecule has 0 bridgehead atoms. The number of likely N-dealkylation sites (tertiary alicyclic amines) is 1. The van der Waals surface area contributed by atoms with E-state index < -0.39 is 0 Å². The SMILES string of the molecule is Cn1ncc2c3ccccc3n(CCCC(=O)NCCCN3CCCC3=O)c2c1=O. The highest BCUT2D eigenvalue weighted by Crippen LogP contribution is 2.26. The lowest BCUT2D eigenvalue weighted by atomic mass is 10.2. The lowest BCUT2D eigenvalue weighted by molar-refractivity contribution is -0.127. The number of hydrogen-bond donors (Lipinski definition) is 1. The summed E-state index contributed by atoms with van der Waals surface area (Å²) in [6, 6.07) is 7.89. The van der Waals surface area contributed by atoms with Crippen LogP contribution in [0.15, 0.2) is 35.3 Å². The molecule has 2 amide bonds. The van der Waals surface area contributed by atoms with Crippen LogP contribution in [-0.2, 0) is 23.2 Å². The van der Waals surface area contributed by atoms with E-state index in [0.717, 1.165) is 35.7 Å². The Bertz CT molecular complexity index is 1150. The Morgan fingerprint density at radius 2 is 1.97 bits per heavy atom. The summed E-state index contributed by atoms with van der Waals surface area (Å²) in [5, 5.41) is 8.93. The molecule has 30 heavy (non-hydrogen) atoms. The Morgan fingerprint density at radius 1 is 1.13 bits per heavy atom. The summed E-state index contributed by atoms with van der Waals surface area (Å²) >= 11 is 0. The van der Waals surface area contributed by atoms with Crippen LogP contribution < -0.4 is 10.9 Å². The van der Waals surface area contributed by atoms with E-state index in [4.69, 9.17) is 0 Å². The standard InChI is InChI=1S/C22H27N5O3/c1-25-22(30)21-17(15-24-25)16-7-2-3-8-18(16)27(21)14-4-9-19(28)23-11-6-13-26-12-5-10-20(26)29/h2-3,7-8,15H,4-6,9-14H2,1H3,(H,23,28).